The van der Waals surface area contributed by atoms with Gasteiger partial charge in [0.2, 0.25) is 0 Å². The van der Waals surface area contributed by atoms with Crippen molar-refractivity contribution in [2.45, 2.75) is 36.6 Å². The maximum Gasteiger partial charge on any atom is 0.424 e. The Morgan fingerprint density at radius 3 is 2.22 bits per heavy atom. The lowest BCUT2D eigenvalue weighted by molar-refractivity contribution is -0.249. The Kier molecular flexibility index (Phi) is 5.30. The van der Waals surface area contributed by atoms with Crippen LogP contribution in [-0.2, 0) is 16.1 Å². The number of alkyl halides is 2. The summed E-state index contributed by atoms with van der Waals surface area (Å²) in [5.74, 6) is 0.406. The molecule has 0 N–H and O–H groups in total. The Hall–Kier alpha value is -1.43. The van der Waals surface area contributed by atoms with Crippen molar-refractivity contribution in [2.75, 3.05) is 0 Å². The van der Waals surface area contributed by atoms with Crippen LogP contribution < -0.4 is 4.74 Å². The Morgan fingerprint density at radius 1 is 0.957 bits per heavy atom. The molecule has 1 aliphatic rings. The van der Waals surface area contributed by atoms with Gasteiger partial charge in [0.25, 0.3) is 0 Å². The van der Waals surface area contributed by atoms with Gasteiger partial charge in [0.15, 0.2) is 0 Å². The van der Waals surface area contributed by atoms with E-state index in [2.05, 4.69) is 15.9 Å². The number of benzene rings is 2. The molecule has 0 radical (unpaired) electrons. The van der Waals surface area contributed by atoms with Crippen molar-refractivity contribution in [1.82, 2.24) is 0 Å². The van der Waals surface area contributed by atoms with E-state index in [-0.39, 0.29) is 12.2 Å². The normalized spacial score (nSPS) is 22.9. The van der Waals surface area contributed by atoms with E-state index in [9.17, 15) is 4.39 Å². The van der Waals surface area contributed by atoms with Gasteiger partial charge in [-0.25, -0.2) is 0 Å². The minimum Gasteiger partial charge on any atom is -0.427 e. The standard InChI is InChI=1S/C18H18BrFO3/c19-18(20,22-15-9-5-2-6-10-15)23-17-11-16(12-17)21-13-14-7-3-1-4-8-14/h1-10,16-17H,11-13H2. The Morgan fingerprint density at radius 2 is 1.57 bits per heavy atom. The molecule has 1 aliphatic carbocycles. The van der Waals surface area contributed by atoms with Crippen LogP contribution in [0, 0.1) is 0 Å². The van der Waals surface area contributed by atoms with Gasteiger partial charge in [-0.3, -0.25) is 0 Å². The van der Waals surface area contributed by atoms with Crippen molar-refractivity contribution in [3.63, 3.8) is 0 Å². The largest absolute Gasteiger partial charge is 0.427 e. The molecule has 0 amide bonds. The van der Waals surface area contributed by atoms with Crippen molar-refractivity contribution in [1.29, 1.82) is 0 Å². The van der Waals surface area contributed by atoms with Gasteiger partial charge in [-0.15, -0.1) is 0 Å². The molecule has 5 heteroatoms. The van der Waals surface area contributed by atoms with Crippen LogP contribution in [0.2, 0.25) is 0 Å². The molecule has 0 saturated heterocycles. The van der Waals surface area contributed by atoms with Crippen LogP contribution in [0.3, 0.4) is 0 Å². The van der Waals surface area contributed by atoms with Gasteiger partial charge in [-0.1, -0.05) is 48.5 Å². The second-order valence-electron chi connectivity index (χ2n) is 5.51. The zero-order valence-corrected chi connectivity index (χ0v) is 14.1. The summed E-state index contributed by atoms with van der Waals surface area (Å²) < 4.78 is 30.5. The van der Waals surface area contributed by atoms with E-state index < -0.39 is 4.95 Å². The highest BCUT2D eigenvalue weighted by Gasteiger charge is 2.40. The van der Waals surface area contributed by atoms with Crippen molar-refractivity contribution >= 4 is 15.9 Å². The maximum atomic E-state index is 14.3. The number of para-hydroxylation sites is 1. The van der Waals surface area contributed by atoms with Gasteiger partial charge in [0, 0.05) is 28.8 Å². The van der Waals surface area contributed by atoms with Gasteiger partial charge < -0.3 is 14.2 Å². The van der Waals surface area contributed by atoms with Gasteiger partial charge in [0.05, 0.1) is 18.8 Å². The van der Waals surface area contributed by atoms with Crippen LogP contribution in [0.15, 0.2) is 60.7 Å². The smallest absolute Gasteiger partial charge is 0.424 e. The third-order valence-corrected chi connectivity index (χ3v) is 4.01. The zero-order valence-electron chi connectivity index (χ0n) is 12.5. The average molecular weight is 381 g/mol. The minimum absolute atomic E-state index is 0.0974. The van der Waals surface area contributed by atoms with E-state index in [4.69, 9.17) is 14.2 Å². The number of hydrogen-bond acceptors (Lipinski definition) is 3. The lowest BCUT2D eigenvalue weighted by atomic mass is 9.92. The Balaban J connectivity index is 1.39. The number of halogens is 2. The molecule has 2 aromatic carbocycles. The fraction of sp³-hybridized carbons (Fsp3) is 0.333. The minimum atomic E-state index is -2.32. The van der Waals surface area contributed by atoms with Crippen molar-refractivity contribution in [3.05, 3.63) is 66.2 Å². The molecule has 0 aliphatic heterocycles. The summed E-state index contributed by atoms with van der Waals surface area (Å²) in [4.78, 5) is -2.32. The number of rotatable bonds is 7. The molecule has 1 saturated carbocycles. The first-order valence-electron chi connectivity index (χ1n) is 7.56. The fourth-order valence-electron chi connectivity index (χ4n) is 2.38. The van der Waals surface area contributed by atoms with E-state index in [1.54, 1.807) is 24.3 Å². The monoisotopic (exact) mass is 380 g/mol. The molecule has 3 nitrogen and oxygen atoms in total. The van der Waals surface area contributed by atoms with Crippen molar-refractivity contribution < 1.29 is 18.6 Å². The van der Waals surface area contributed by atoms with E-state index >= 15 is 0 Å². The van der Waals surface area contributed by atoms with E-state index in [1.165, 1.54) is 0 Å². The van der Waals surface area contributed by atoms with E-state index in [1.807, 2.05) is 36.4 Å². The molecule has 3 rings (SSSR count). The van der Waals surface area contributed by atoms with Crippen LogP contribution in [0.4, 0.5) is 4.39 Å². The molecule has 1 unspecified atom stereocenters. The van der Waals surface area contributed by atoms with Gasteiger partial charge >= 0.3 is 4.95 Å². The van der Waals surface area contributed by atoms with Crippen LogP contribution >= 0.6 is 15.9 Å². The van der Waals surface area contributed by atoms with E-state index in [0.717, 1.165) is 5.56 Å². The van der Waals surface area contributed by atoms with Gasteiger partial charge in [-0.05, 0) is 17.7 Å². The summed E-state index contributed by atoms with van der Waals surface area (Å²) in [6.45, 7) is 0.563. The van der Waals surface area contributed by atoms with Crippen molar-refractivity contribution in [2.24, 2.45) is 0 Å². The second-order valence-corrected chi connectivity index (χ2v) is 6.46. The third-order valence-electron chi connectivity index (χ3n) is 3.66. The Labute approximate surface area is 143 Å². The molecule has 2 aromatic rings. The molecule has 0 aromatic heterocycles. The lowest BCUT2D eigenvalue weighted by Crippen LogP contribution is -2.43. The molecule has 0 bridgehead atoms. The van der Waals surface area contributed by atoms with Crippen molar-refractivity contribution in [3.8, 4) is 5.75 Å². The molecule has 0 spiro atoms. The highest BCUT2D eigenvalue weighted by molar-refractivity contribution is 9.09. The first-order valence-corrected chi connectivity index (χ1v) is 8.35. The maximum absolute atomic E-state index is 14.3. The fourth-order valence-corrected chi connectivity index (χ4v) is 2.83. The second kappa shape index (κ2) is 7.43. The molecule has 23 heavy (non-hydrogen) atoms. The van der Waals surface area contributed by atoms with Crippen LogP contribution in [0.1, 0.15) is 18.4 Å². The Bertz CT molecular complexity index is 600. The predicted molar refractivity (Wildman–Crippen MR) is 89.0 cm³/mol. The molecule has 1 fully saturated rings. The molecule has 1 atom stereocenters. The lowest BCUT2D eigenvalue weighted by Gasteiger charge is -2.37. The summed E-state index contributed by atoms with van der Waals surface area (Å²) in [5.41, 5.74) is 1.13. The zero-order chi connectivity index (χ0) is 16.1. The van der Waals surface area contributed by atoms with E-state index in [0.29, 0.717) is 25.2 Å². The third kappa shape index (κ3) is 5.03. The SMILES string of the molecule is FC(Br)(Oc1ccccc1)OC1CC(OCc2ccccc2)C1. The van der Waals surface area contributed by atoms with Crippen LogP contribution in [0.25, 0.3) is 0 Å². The molecular weight excluding hydrogens is 363 g/mol. The van der Waals surface area contributed by atoms with Gasteiger partial charge in [0.1, 0.15) is 5.75 Å². The quantitative estimate of drug-likeness (QED) is 0.509. The predicted octanol–water partition coefficient (Wildman–Crippen LogP) is 4.81. The highest BCUT2D eigenvalue weighted by Crippen LogP contribution is 2.35. The van der Waals surface area contributed by atoms with Crippen LogP contribution in [0.5, 0.6) is 5.75 Å². The van der Waals surface area contributed by atoms with Gasteiger partial charge in [-0.2, -0.15) is 4.39 Å². The summed E-state index contributed by atoms with van der Waals surface area (Å²) in [6, 6.07) is 18.7. The topological polar surface area (TPSA) is 27.7 Å². The molecular formula is C18H18BrFO3. The number of ether oxygens (including phenoxy) is 3. The summed E-state index contributed by atoms with van der Waals surface area (Å²) in [7, 11) is 0. The average Bonchev–Trinajstić information content (AvgIpc) is 2.51. The summed E-state index contributed by atoms with van der Waals surface area (Å²) >= 11 is 2.84. The molecule has 122 valence electrons. The van der Waals surface area contributed by atoms with Crippen LogP contribution in [-0.4, -0.2) is 17.2 Å². The molecule has 0 heterocycles. The highest BCUT2D eigenvalue weighted by atomic mass is 79.9. The number of hydrogen-bond donors (Lipinski definition) is 0. The first kappa shape index (κ1) is 16.4. The summed E-state index contributed by atoms with van der Waals surface area (Å²) in [6.07, 6.45) is 1.19. The first-order chi connectivity index (χ1) is 11.1. The summed E-state index contributed by atoms with van der Waals surface area (Å²) in [5, 5.41) is 0.